The molecule has 0 fully saturated rings. The fraction of sp³-hybridized carbons (Fsp3) is 0.400. The maximum Gasteiger partial charge on any atom is 0.222 e. The number of aryl methyl sites for hydroxylation is 1. The number of anilines is 1. The number of hydrogen-bond donors (Lipinski definition) is 1. The maximum atomic E-state index is 4.11. The third-order valence-electron chi connectivity index (χ3n) is 1.49. The SMILES string of the molecule is CC#CCCNc1ncc(C)cn1. The molecule has 0 saturated heterocycles. The van der Waals surface area contributed by atoms with Crippen molar-refractivity contribution in [2.45, 2.75) is 20.3 Å². The van der Waals surface area contributed by atoms with Gasteiger partial charge in [0.15, 0.2) is 0 Å². The molecule has 1 rings (SSSR count). The van der Waals surface area contributed by atoms with Crippen molar-refractivity contribution < 1.29 is 0 Å². The molecule has 0 spiro atoms. The van der Waals surface area contributed by atoms with E-state index >= 15 is 0 Å². The van der Waals surface area contributed by atoms with Crippen LogP contribution in [0, 0.1) is 18.8 Å². The molecule has 13 heavy (non-hydrogen) atoms. The van der Waals surface area contributed by atoms with Crippen LogP contribution in [0.5, 0.6) is 0 Å². The van der Waals surface area contributed by atoms with Gasteiger partial charge in [0.25, 0.3) is 0 Å². The monoisotopic (exact) mass is 175 g/mol. The van der Waals surface area contributed by atoms with E-state index in [1.54, 1.807) is 12.4 Å². The fourth-order valence-electron chi connectivity index (χ4n) is 0.846. The summed E-state index contributed by atoms with van der Waals surface area (Å²) in [6, 6.07) is 0. The third kappa shape index (κ3) is 3.57. The topological polar surface area (TPSA) is 37.8 Å². The summed E-state index contributed by atoms with van der Waals surface area (Å²) in [5, 5.41) is 3.08. The van der Waals surface area contributed by atoms with E-state index in [2.05, 4.69) is 27.1 Å². The van der Waals surface area contributed by atoms with Crippen LogP contribution in [0.25, 0.3) is 0 Å². The molecule has 0 bridgehead atoms. The summed E-state index contributed by atoms with van der Waals surface area (Å²) in [6.07, 6.45) is 4.41. The molecular weight excluding hydrogens is 162 g/mol. The van der Waals surface area contributed by atoms with Gasteiger partial charge in [-0.15, -0.1) is 11.8 Å². The van der Waals surface area contributed by atoms with E-state index in [0.717, 1.165) is 18.5 Å². The lowest BCUT2D eigenvalue weighted by Gasteiger charge is -2.00. The molecule has 3 nitrogen and oxygen atoms in total. The van der Waals surface area contributed by atoms with Gasteiger partial charge in [-0.1, -0.05) is 0 Å². The van der Waals surface area contributed by atoms with E-state index in [-0.39, 0.29) is 0 Å². The van der Waals surface area contributed by atoms with Crippen molar-refractivity contribution in [2.75, 3.05) is 11.9 Å². The van der Waals surface area contributed by atoms with E-state index in [0.29, 0.717) is 5.95 Å². The largest absolute Gasteiger partial charge is 0.353 e. The summed E-state index contributed by atoms with van der Waals surface area (Å²) < 4.78 is 0. The third-order valence-corrected chi connectivity index (χ3v) is 1.49. The van der Waals surface area contributed by atoms with Crippen molar-refractivity contribution in [1.29, 1.82) is 0 Å². The van der Waals surface area contributed by atoms with Crippen molar-refractivity contribution in [3.05, 3.63) is 18.0 Å². The number of rotatable bonds is 3. The van der Waals surface area contributed by atoms with Gasteiger partial charge >= 0.3 is 0 Å². The Morgan fingerprint density at radius 1 is 1.38 bits per heavy atom. The zero-order valence-corrected chi connectivity index (χ0v) is 7.96. The molecule has 1 N–H and O–H groups in total. The molecule has 3 heteroatoms. The second kappa shape index (κ2) is 5.15. The molecule has 0 aromatic carbocycles. The van der Waals surface area contributed by atoms with Gasteiger partial charge in [0.1, 0.15) is 0 Å². The highest BCUT2D eigenvalue weighted by atomic mass is 15.1. The molecule has 68 valence electrons. The Balaban J connectivity index is 2.36. The molecule has 0 saturated carbocycles. The first-order valence-electron chi connectivity index (χ1n) is 4.25. The van der Waals surface area contributed by atoms with Gasteiger partial charge in [-0.05, 0) is 19.4 Å². The van der Waals surface area contributed by atoms with Crippen LogP contribution in [-0.2, 0) is 0 Å². The van der Waals surface area contributed by atoms with Crippen LogP contribution >= 0.6 is 0 Å². The van der Waals surface area contributed by atoms with Gasteiger partial charge in [-0.25, -0.2) is 9.97 Å². The number of nitrogens with one attached hydrogen (secondary N) is 1. The zero-order valence-electron chi connectivity index (χ0n) is 7.96. The first-order valence-corrected chi connectivity index (χ1v) is 4.25. The molecule has 1 aromatic rings. The van der Waals surface area contributed by atoms with Crippen molar-refractivity contribution in [3.63, 3.8) is 0 Å². The first-order chi connectivity index (χ1) is 6.33. The Labute approximate surface area is 78.6 Å². The van der Waals surface area contributed by atoms with Gasteiger partial charge in [-0.3, -0.25) is 0 Å². The average molecular weight is 175 g/mol. The molecule has 1 heterocycles. The van der Waals surface area contributed by atoms with Gasteiger partial charge in [-0.2, -0.15) is 0 Å². The molecule has 0 aliphatic heterocycles. The van der Waals surface area contributed by atoms with E-state index in [1.807, 2.05) is 13.8 Å². The standard InChI is InChI=1S/C10H13N3/c1-3-4-5-6-11-10-12-7-9(2)8-13-10/h7-8H,5-6H2,1-2H3,(H,11,12,13). The van der Waals surface area contributed by atoms with Crippen LogP contribution in [0.3, 0.4) is 0 Å². The Bertz CT molecular complexity index is 305. The van der Waals surface area contributed by atoms with E-state index < -0.39 is 0 Å². The van der Waals surface area contributed by atoms with Crippen LogP contribution in [-0.4, -0.2) is 16.5 Å². The normalized spacial score (nSPS) is 8.77. The van der Waals surface area contributed by atoms with Crippen LogP contribution < -0.4 is 5.32 Å². The molecule has 0 atom stereocenters. The Kier molecular flexibility index (Phi) is 3.77. The summed E-state index contributed by atoms with van der Waals surface area (Å²) in [4.78, 5) is 8.21. The lowest BCUT2D eigenvalue weighted by atomic mass is 10.4. The Hall–Kier alpha value is -1.56. The molecule has 0 aliphatic rings. The first kappa shape index (κ1) is 9.53. The highest BCUT2D eigenvalue weighted by Gasteiger charge is 1.91. The van der Waals surface area contributed by atoms with E-state index in [4.69, 9.17) is 0 Å². The summed E-state index contributed by atoms with van der Waals surface area (Å²) in [5.74, 6) is 6.46. The molecule has 1 aromatic heterocycles. The van der Waals surface area contributed by atoms with E-state index in [1.165, 1.54) is 0 Å². The van der Waals surface area contributed by atoms with Crippen molar-refractivity contribution in [1.82, 2.24) is 9.97 Å². The summed E-state index contributed by atoms with van der Waals surface area (Å²) in [6.45, 7) is 4.60. The Morgan fingerprint density at radius 2 is 2.08 bits per heavy atom. The highest BCUT2D eigenvalue weighted by molar-refractivity contribution is 5.24. The smallest absolute Gasteiger partial charge is 0.222 e. The second-order valence-corrected chi connectivity index (χ2v) is 2.69. The van der Waals surface area contributed by atoms with Crippen LogP contribution in [0.1, 0.15) is 18.9 Å². The van der Waals surface area contributed by atoms with Crippen molar-refractivity contribution in [3.8, 4) is 11.8 Å². The minimum Gasteiger partial charge on any atom is -0.353 e. The number of hydrogen-bond acceptors (Lipinski definition) is 3. The van der Waals surface area contributed by atoms with E-state index in [9.17, 15) is 0 Å². The van der Waals surface area contributed by atoms with Crippen LogP contribution in [0.4, 0.5) is 5.95 Å². The summed E-state index contributed by atoms with van der Waals surface area (Å²) in [5.41, 5.74) is 1.07. The van der Waals surface area contributed by atoms with Crippen LogP contribution in [0.15, 0.2) is 12.4 Å². The number of aromatic nitrogens is 2. The van der Waals surface area contributed by atoms with Gasteiger partial charge in [0.2, 0.25) is 5.95 Å². The molecular formula is C10H13N3. The van der Waals surface area contributed by atoms with Crippen LogP contribution in [0.2, 0.25) is 0 Å². The summed E-state index contributed by atoms with van der Waals surface area (Å²) >= 11 is 0. The average Bonchev–Trinajstić information content (AvgIpc) is 2.15. The van der Waals surface area contributed by atoms with Gasteiger partial charge in [0, 0.05) is 25.4 Å². The lowest BCUT2D eigenvalue weighted by molar-refractivity contribution is 1.02. The molecule has 0 amide bonds. The lowest BCUT2D eigenvalue weighted by Crippen LogP contribution is -2.04. The van der Waals surface area contributed by atoms with Crippen molar-refractivity contribution >= 4 is 5.95 Å². The van der Waals surface area contributed by atoms with Crippen molar-refractivity contribution in [2.24, 2.45) is 0 Å². The fourth-order valence-corrected chi connectivity index (χ4v) is 0.846. The quantitative estimate of drug-likeness (QED) is 0.560. The molecule has 0 radical (unpaired) electrons. The summed E-state index contributed by atoms with van der Waals surface area (Å²) in [7, 11) is 0. The minimum absolute atomic E-state index is 0.670. The number of nitrogens with zero attached hydrogens (tertiary/aromatic N) is 2. The van der Waals surface area contributed by atoms with Gasteiger partial charge < -0.3 is 5.32 Å². The minimum atomic E-state index is 0.670. The molecule has 0 aliphatic carbocycles. The predicted octanol–water partition coefficient (Wildman–Crippen LogP) is 1.61. The second-order valence-electron chi connectivity index (χ2n) is 2.69. The zero-order chi connectivity index (χ0) is 9.52. The Morgan fingerprint density at radius 3 is 2.69 bits per heavy atom. The van der Waals surface area contributed by atoms with Gasteiger partial charge in [0.05, 0.1) is 0 Å². The molecule has 0 unspecified atom stereocenters. The maximum absolute atomic E-state index is 4.11. The predicted molar refractivity (Wildman–Crippen MR) is 53.3 cm³/mol. The highest BCUT2D eigenvalue weighted by Crippen LogP contribution is 1.97.